The lowest BCUT2D eigenvalue weighted by Crippen LogP contribution is -2.41. The molecule has 6 heterocycles. The molecule has 10 heteroatoms. The Labute approximate surface area is 236 Å². The first-order valence-corrected chi connectivity index (χ1v) is 13.8. The Balaban J connectivity index is 1.19. The Bertz CT molecular complexity index is 1670. The van der Waals surface area contributed by atoms with Gasteiger partial charge in [-0.05, 0) is 36.2 Å². The van der Waals surface area contributed by atoms with Crippen LogP contribution < -0.4 is 9.47 Å². The number of likely N-dealkylation sites (tertiary alicyclic amines) is 1. The van der Waals surface area contributed by atoms with E-state index < -0.39 is 0 Å². The molecule has 2 unspecified atom stereocenters. The Morgan fingerprint density at radius 1 is 1.12 bits per heavy atom. The van der Waals surface area contributed by atoms with Crippen LogP contribution in [-0.4, -0.2) is 72.5 Å². The summed E-state index contributed by atoms with van der Waals surface area (Å²) in [7, 11) is 1.54. The minimum absolute atomic E-state index is 0.0330. The molecule has 7 rings (SSSR count). The van der Waals surface area contributed by atoms with Gasteiger partial charge in [0.15, 0.2) is 11.3 Å². The van der Waals surface area contributed by atoms with E-state index in [2.05, 4.69) is 16.0 Å². The number of fused-ring (bicyclic) bond motifs is 3. The maximum absolute atomic E-state index is 13.2. The molecule has 0 N–H and O–H groups in total. The maximum Gasteiger partial charge on any atom is 0.255 e. The van der Waals surface area contributed by atoms with Crippen LogP contribution in [0.5, 0.6) is 11.5 Å². The van der Waals surface area contributed by atoms with Crippen molar-refractivity contribution in [1.29, 1.82) is 5.26 Å². The molecular weight excluding hydrogens is 524 g/mol. The quantitative estimate of drug-likeness (QED) is 0.338. The second-order valence-electron chi connectivity index (χ2n) is 10.5. The summed E-state index contributed by atoms with van der Waals surface area (Å²) in [6.45, 7) is 2.50. The van der Waals surface area contributed by atoms with E-state index in [0.29, 0.717) is 71.5 Å². The second kappa shape index (κ2) is 10.5. The lowest BCUT2D eigenvalue weighted by atomic mass is 10.0. The molecule has 41 heavy (non-hydrogen) atoms. The number of nitriles is 1. The van der Waals surface area contributed by atoms with Crippen LogP contribution in [0.3, 0.4) is 0 Å². The van der Waals surface area contributed by atoms with Gasteiger partial charge in [-0.1, -0.05) is 6.07 Å². The van der Waals surface area contributed by atoms with Crippen molar-refractivity contribution >= 4 is 17.0 Å². The van der Waals surface area contributed by atoms with E-state index in [9.17, 15) is 10.1 Å². The molecule has 10 nitrogen and oxygen atoms in total. The van der Waals surface area contributed by atoms with Gasteiger partial charge in [-0.25, -0.2) is 4.98 Å². The average molecular weight is 553 g/mol. The highest BCUT2D eigenvalue weighted by Crippen LogP contribution is 2.38. The highest BCUT2D eigenvalue weighted by Gasteiger charge is 2.41. The fourth-order valence-electron chi connectivity index (χ4n) is 5.86. The number of benzene rings is 1. The van der Waals surface area contributed by atoms with Crippen molar-refractivity contribution in [2.75, 3.05) is 33.5 Å². The zero-order valence-electron chi connectivity index (χ0n) is 22.5. The third-order valence-electron chi connectivity index (χ3n) is 8.00. The number of hydrogen-bond acceptors (Lipinski definition) is 9. The van der Waals surface area contributed by atoms with Gasteiger partial charge in [-0.2, -0.15) is 5.26 Å². The third kappa shape index (κ3) is 4.67. The predicted octanol–water partition coefficient (Wildman–Crippen LogP) is 4.61. The number of rotatable bonds is 6. The van der Waals surface area contributed by atoms with Gasteiger partial charge in [-0.15, -0.1) is 0 Å². The van der Waals surface area contributed by atoms with E-state index in [4.69, 9.17) is 23.4 Å². The highest BCUT2D eigenvalue weighted by atomic mass is 16.5. The number of ether oxygens (including phenoxy) is 4. The van der Waals surface area contributed by atoms with Gasteiger partial charge in [0.25, 0.3) is 5.91 Å². The molecule has 3 aromatic heterocycles. The van der Waals surface area contributed by atoms with Crippen LogP contribution in [0.2, 0.25) is 0 Å². The van der Waals surface area contributed by atoms with Crippen LogP contribution in [0.4, 0.5) is 0 Å². The summed E-state index contributed by atoms with van der Waals surface area (Å²) in [4.78, 5) is 24.1. The molecule has 1 aromatic carbocycles. The highest BCUT2D eigenvalue weighted by molar-refractivity contribution is 5.96. The number of furan rings is 1. The third-order valence-corrected chi connectivity index (χ3v) is 8.00. The van der Waals surface area contributed by atoms with E-state index >= 15 is 0 Å². The average Bonchev–Trinajstić information content (AvgIpc) is 3.77. The fraction of sp³-hybridized carbons (Fsp3) is 0.355. The SMILES string of the molecule is COc1cc(C(=O)N2CC3CC2CO3)cnc1-c1cc2nccc(-c3ccc(OC4CCOCC4)c(C#N)c3)c2o1. The van der Waals surface area contributed by atoms with Crippen molar-refractivity contribution in [3.63, 3.8) is 0 Å². The van der Waals surface area contributed by atoms with Gasteiger partial charge in [0.2, 0.25) is 0 Å². The summed E-state index contributed by atoms with van der Waals surface area (Å²) in [5, 5.41) is 9.86. The Kier molecular flexibility index (Phi) is 6.53. The number of morpholine rings is 1. The normalized spacial score (nSPS) is 20.3. The van der Waals surface area contributed by atoms with Gasteiger partial charge >= 0.3 is 0 Å². The molecule has 1 amide bonds. The van der Waals surface area contributed by atoms with Crippen LogP contribution in [-0.2, 0) is 9.47 Å². The van der Waals surface area contributed by atoms with Crippen LogP contribution in [0.25, 0.3) is 33.7 Å². The summed E-state index contributed by atoms with van der Waals surface area (Å²) in [5.74, 6) is 1.37. The molecule has 0 spiro atoms. The zero-order chi connectivity index (χ0) is 27.9. The van der Waals surface area contributed by atoms with E-state index in [1.54, 1.807) is 37.7 Å². The standard InChI is InChI=1S/C31H28N4O6/c1-37-27-11-20(31(36)35-16-23-12-21(35)17-39-23)15-34-29(27)28-13-25-30(41-28)24(4-7-33-25)18-2-3-26(19(10-18)14-32)40-22-5-8-38-9-6-22/h2-4,7,10-11,13,15,21-23H,5-6,8-9,12,16-17H2,1H3. The topological polar surface area (TPSA) is 120 Å². The van der Waals surface area contributed by atoms with Crippen molar-refractivity contribution in [3.05, 3.63) is 59.9 Å². The number of amides is 1. The first-order chi connectivity index (χ1) is 20.1. The maximum atomic E-state index is 13.2. The number of methoxy groups -OCH3 is 1. The smallest absolute Gasteiger partial charge is 0.255 e. The van der Waals surface area contributed by atoms with Crippen LogP contribution in [0, 0.1) is 11.3 Å². The minimum Gasteiger partial charge on any atom is -0.494 e. The van der Waals surface area contributed by atoms with Gasteiger partial charge in [0, 0.05) is 43.4 Å². The van der Waals surface area contributed by atoms with Gasteiger partial charge in [0.1, 0.15) is 34.9 Å². The van der Waals surface area contributed by atoms with Gasteiger partial charge < -0.3 is 28.3 Å². The largest absolute Gasteiger partial charge is 0.494 e. The van der Waals surface area contributed by atoms with E-state index in [1.807, 2.05) is 23.1 Å². The number of hydrogen-bond donors (Lipinski definition) is 0. The minimum atomic E-state index is -0.0794. The van der Waals surface area contributed by atoms with Crippen molar-refractivity contribution in [2.45, 2.75) is 37.5 Å². The van der Waals surface area contributed by atoms with Crippen molar-refractivity contribution in [1.82, 2.24) is 14.9 Å². The summed E-state index contributed by atoms with van der Waals surface area (Å²) < 4.78 is 29.1. The molecule has 208 valence electrons. The lowest BCUT2D eigenvalue weighted by molar-refractivity contribution is 0.0254. The molecule has 3 saturated heterocycles. The molecule has 0 radical (unpaired) electrons. The van der Waals surface area contributed by atoms with Crippen molar-refractivity contribution in [3.8, 4) is 40.1 Å². The summed E-state index contributed by atoms with van der Waals surface area (Å²) in [5.41, 5.74) is 4.16. The predicted molar refractivity (Wildman–Crippen MR) is 148 cm³/mol. The molecule has 3 fully saturated rings. The van der Waals surface area contributed by atoms with Gasteiger partial charge in [-0.3, -0.25) is 9.78 Å². The van der Waals surface area contributed by atoms with E-state index in [1.165, 1.54) is 0 Å². The monoisotopic (exact) mass is 552 g/mol. The first kappa shape index (κ1) is 25.5. The molecule has 0 saturated carbocycles. The van der Waals surface area contributed by atoms with Gasteiger partial charge in [0.05, 0.1) is 50.2 Å². The van der Waals surface area contributed by atoms with E-state index in [-0.39, 0.29) is 24.2 Å². The summed E-state index contributed by atoms with van der Waals surface area (Å²) in [6.07, 6.45) is 5.90. The lowest BCUT2D eigenvalue weighted by Gasteiger charge is -2.27. The summed E-state index contributed by atoms with van der Waals surface area (Å²) >= 11 is 0. The summed E-state index contributed by atoms with van der Waals surface area (Å²) in [6, 6.07) is 13.3. The Morgan fingerprint density at radius 3 is 2.76 bits per heavy atom. The Hall–Kier alpha value is -4.46. The number of pyridine rings is 2. The van der Waals surface area contributed by atoms with Crippen LogP contribution >= 0.6 is 0 Å². The molecular formula is C31H28N4O6. The number of carbonyl (C=O) groups excluding carboxylic acids is 1. The fourth-order valence-corrected chi connectivity index (χ4v) is 5.86. The number of aromatic nitrogens is 2. The zero-order valence-corrected chi connectivity index (χ0v) is 22.5. The molecule has 2 bridgehead atoms. The Morgan fingerprint density at radius 2 is 2.00 bits per heavy atom. The molecule has 3 aliphatic heterocycles. The molecule has 0 aliphatic carbocycles. The van der Waals surface area contributed by atoms with Crippen molar-refractivity contribution in [2.24, 2.45) is 0 Å². The van der Waals surface area contributed by atoms with Crippen LogP contribution in [0.15, 0.2) is 53.2 Å². The van der Waals surface area contributed by atoms with E-state index in [0.717, 1.165) is 30.4 Å². The number of carbonyl (C=O) groups is 1. The van der Waals surface area contributed by atoms with Crippen molar-refractivity contribution < 1.29 is 28.2 Å². The molecule has 4 aromatic rings. The second-order valence-corrected chi connectivity index (χ2v) is 10.5. The van der Waals surface area contributed by atoms with Crippen LogP contribution in [0.1, 0.15) is 35.2 Å². The first-order valence-electron chi connectivity index (χ1n) is 13.8. The molecule has 2 atom stereocenters. The number of nitrogens with zero attached hydrogens (tertiary/aromatic N) is 4. The molecule has 3 aliphatic rings.